The van der Waals surface area contributed by atoms with Crippen molar-refractivity contribution in [3.8, 4) is 0 Å². The van der Waals surface area contributed by atoms with E-state index in [4.69, 9.17) is 0 Å². The van der Waals surface area contributed by atoms with Crippen molar-refractivity contribution in [3.63, 3.8) is 0 Å². The maximum Gasteiger partial charge on any atom is 0.0393 e. The largest absolute Gasteiger partial charge is 0.377 e. The summed E-state index contributed by atoms with van der Waals surface area (Å²) in [5.41, 5.74) is 2.89. The lowest BCUT2D eigenvalue weighted by Gasteiger charge is -2.17. The first-order chi connectivity index (χ1) is 10.8. The summed E-state index contributed by atoms with van der Waals surface area (Å²) in [4.78, 5) is 2.23. The van der Waals surface area contributed by atoms with Crippen molar-refractivity contribution < 1.29 is 0 Å². The monoisotopic (exact) mass is 383 g/mol. The molecule has 0 radical (unpaired) electrons. The van der Waals surface area contributed by atoms with E-state index in [9.17, 15) is 0 Å². The molecule has 0 atom stereocenters. The van der Waals surface area contributed by atoms with Crippen LogP contribution < -0.4 is 4.90 Å². The van der Waals surface area contributed by atoms with Gasteiger partial charge in [0.05, 0.1) is 0 Å². The van der Waals surface area contributed by atoms with Gasteiger partial charge in [0.1, 0.15) is 0 Å². The fraction of sp³-hybridized carbons (Fsp3) is 0.714. The summed E-state index contributed by atoms with van der Waals surface area (Å²) in [6.07, 6.45) is 16.8. The van der Waals surface area contributed by atoms with E-state index in [1.165, 1.54) is 88.3 Å². The molecule has 23 heavy (non-hydrogen) atoms. The van der Waals surface area contributed by atoms with Crippen LogP contribution in [0.15, 0.2) is 24.3 Å². The third-order valence-electron chi connectivity index (χ3n) is 4.52. The van der Waals surface area contributed by atoms with Crippen LogP contribution in [0.5, 0.6) is 0 Å². The van der Waals surface area contributed by atoms with Crippen molar-refractivity contribution in [2.24, 2.45) is 0 Å². The van der Waals surface area contributed by atoms with Crippen LogP contribution in [0.4, 0.5) is 5.69 Å². The molecule has 0 saturated heterocycles. The second-order valence-corrected chi connectivity index (χ2v) is 6.81. The van der Waals surface area contributed by atoms with Gasteiger partial charge in [0, 0.05) is 19.8 Å². The van der Waals surface area contributed by atoms with E-state index in [2.05, 4.69) is 50.2 Å². The van der Waals surface area contributed by atoms with Crippen molar-refractivity contribution in [1.82, 2.24) is 0 Å². The number of aryl methyl sites for hydroxylation is 1. The van der Waals surface area contributed by atoms with Gasteiger partial charge in [0.25, 0.3) is 0 Å². The van der Waals surface area contributed by atoms with Crippen LogP contribution in [0.1, 0.15) is 83.1 Å². The molecule has 0 bridgehead atoms. The minimum absolute atomic E-state index is 0. The standard InChI is InChI=1S/C21H37N.BrH/c1-4-5-6-7-8-9-10-11-12-13-14-17-20-18-15-16-19-21(20)22(2)3;/h15-16,18-19H,4-14,17H2,1-3H3;1H. The van der Waals surface area contributed by atoms with Gasteiger partial charge in [-0.25, -0.2) is 0 Å². The Hall–Kier alpha value is -0.500. The molecular weight excluding hydrogens is 346 g/mol. The number of benzene rings is 1. The third kappa shape index (κ3) is 10.8. The van der Waals surface area contributed by atoms with Crippen LogP contribution in [-0.4, -0.2) is 14.1 Å². The van der Waals surface area contributed by atoms with Crippen molar-refractivity contribution in [1.29, 1.82) is 0 Å². The lowest BCUT2D eigenvalue weighted by molar-refractivity contribution is 0.549. The van der Waals surface area contributed by atoms with Crippen molar-refractivity contribution >= 4 is 22.7 Å². The van der Waals surface area contributed by atoms with Gasteiger partial charge >= 0.3 is 0 Å². The van der Waals surface area contributed by atoms with E-state index in [1.807, 2.05) is 0 Å². The molecule has 0 amide bonds. The molecule has 0 aromatic heterocycles. The van der Waals surface area contributed by atoms with Crippen LogP contribution in [0.3, 0.4) is 0 Å². The number of hydrogen-bond acceptors (Lipinski definition) is 1. The molecular formula is C21H38BrN. The summed E-state index contributed by atoms with van der Waals surface area (Å²) in [5.74, 6) is 0. The number of hydrogen-bond donors (Lipinski definition) is 0. The fourth-order valence-corrected chi connectivity index (χ4v) is 3.14. The highest BCUT2D eigenvalue weighted by Crippen LogP contribution is 2.20. The molecule has 0 aliphatic rings. The lowest BCUT2D eigenvalue weighted by Crippen LogP contribution is -2.11. The molecule has 0 aliphatic heterocycles. The Kier molecular flexibility index (Phi) is 14.7. The van der Waals surface area contributed by atoms with Crippen LogP contribution in [0, 0.1) is 0 Å². The van der Waals surface area contributed by atoms with E-state index in [0.717, 1.165) is 0 Å². The van der Waals surface area contributed by atoms with E-state index in [-0.39, 0.29) is 17.0 Å². The normalized spacial score (nSPS) is 10.4. The first kappa shape index (κ1) is 22.5. The molecule has 134 valence electrons. The lowest BCUT2D eigenvalue weighted by atomic mass is 10.0. The summed E-state index contributed by atoms with van der Waals surface area (Å²) in [6, 6.07) is 8.82. The maximum absolute atomic E-state index is 2.29. The molecule has 1 rings (SSSR count). The van der Waals surface area contributed by atoms with Crippen molar-refractivity contribution in [2.45, 2.75) is 84.0 Å². The third-order valence-corrected chi connectivity index (χ3v) is 4.52. The number of anilines is 1. The van der Waals surface area contributed by atoms with Crippen LogP contribution in [0.25, 0.3) is 0 Å². The molecule has 0 aliphatic carbocycles. The van der Waals surface area contributed by atoms with Crippen LogP contribution >= 0.6 is 17.0 Å². The van der Waals surface area contributed by atoms with Gasteiger partial charge in [-0.15, -0.1) is 17.0 Å². The molecule has 1 aromatic rings. The van der Waals surface area contributed by atoms with Gasteiger partial charge in [-0.3, -0.25) is 0 Å². The summed E-state index contributed by atoms with van der Waals surface area (Å²) in [7, 11) is 4.28. The van der Waals surface area contributed by atoms with Gasteiger partial charge in [0.2, 0.25) is 0 Å². The molecule has 0 unspecified atom stereocenters. The second-order valence-electron chi connectivity index (χ2n) is 6.81. The topological polar surface area (TPSA) is 3.24 Å². The Balaban J connectivity index is 0.00000484. The maximum atomic E-state index is 2.29. The number of rotatable bonds is 13. The predicted octanol–water partition coefficient (Wildman–Crippen LogP) is 7.18. The molecule has 0 saturated carbocycles. The number of halogens is 1. The number of para-hydroxylation sites is 1. The van der Waals surface area contributed by atoms with E-state index >= 15 is 0 Å². The quantitative estimate of drug-likeness (QED) is 0.326. The first-order valence-electron chi connectivity index (χ1n) is 9.51. The Bertz CT molecular complexity index is 376. The molecule has 1 aromatic carbocycles. The second kappa shape index (κ2) is 15.1. The highest BCUT2D eigenvalue weighted by Gasteiger charge is 2.02. The highest BCUT2D eigenvalue weighted by atomic mass is 79.9. The number of nitrogens with zero attached hydrogens (tertiary/aromatic N) is 1. The Labute approximate surface area is 155 Å². The van der Waals surface area contributed by atoms with Crippen molar-refractivity contribution in [2.75, 3.05) is 19.0 Å². The first-order valence-corrected chi connectivity index (χ1v) is 9.51. The molecule has 0 N–H and O–H groups in total. The zero-order chi connectivity index (χ0) is 16.0. The molecule has 0 heterocycles. The average molecular weight is 384 g/mol. The van der Waals surface area contributed by atoms with Gasteiger partial charge in [-0.2, -0.15) is 0 Å². The van der Waals surface area contributed by atoms with Gasteiger partial charge in [-0.1, -0.05) is 89.3 Å². The molecule has 2 heteroatoms. The smallest absolute Gasteiger partial charge is 0.0393 e. The molecule has 0 spiro atoms. The van der Waals surface area contributed by atoms with Crippen LogP contribution in [-0.2, 0) is 6.42 Å². The number of unbranched alkanes of at least 4 members (excludes halogenated alkanes) is 10. The summed E-state index contributed by atoms with van der Waals surface area (Å²) in [6.45, 7) is 2.29. The fourth-order valence-electron chi connectivity index (χ4n) is 3.14. The SMILES string of the molecule is Br.CCCCCCCCCCCCCc1ccccc1N(C)C. The zero-order valence-corrected chi connectivity index (χ0v) is 17.4. The van der Waals surface area contributed by atoms with Gasteiger partial charge < -0.3 is 4.90 Å². The van der Waals surface area contributed by atoms with E-state index in [0.29, 0.717) is 0 Å². The Morgan fingerprint density at radius 2 is 1.17 bits per heavy atom. The highest BCUT2D eigenvalue weighted by molar-refractivity contribution is 8.93. The summed E-state index contributed by atoms with van der Waals surface area (Å²) in [5, 5.41) is 0. The minimum atomic E-state index is 0. The van der Waals surface area contributed by atoms with Crippen LogP contribution in [0.2, 0.25) is 0 Å². The summed E-state index contributed by atoms with van der Waals surface area (Å²) < 4.78 is 0. The average Bonchev–Trinajstić information content (AvgIpc) is 2.53. The van der Waals surface area contributed by atoms with Gasteiger partial charge in [-0.05, 0) is 24.5 Å². The predicted molar refractivity (Wildman–Crippen MR) is 111 cm³/mol. The van der Waals surface area contributed by atoms with E-state index in [1.54, 1.807) is 0 Å². The zero-order valence-electron chi connectivity index (χ0n) is 15.7. The van der Waals surface area contributed by atoms with E-state index < -0.39 is 0 Å². The van der Waals surface area contributed by atoms with Crippen molar-refractivity contribution in [3.05, 3.63) is 29.8 Å². The molecule has 1 nitrogen and oxygen atoms in total. The minimum Gasteiger partial charge on any atom is -0.377 e. The Morgan fingerprint density at radius 1 is 0.696 bits per heavy atom. The summed E-state index contributed by atoms with van der Waals surface area (Å²) >= 11 is 0. The van der Waals surface area contributed by atoms with Gasteiger partial charge in [0.15, 0.2) is 0 Å². The molecule has 0 fully saturated rings. The Morgan fingerprint density at radius 3 is 1.70 bits per heavy atom.